The van der Waals surface area contributed by atoms with Crippen LogP contribution in [0.1, 0.15) is 19.4 Å². The van der Waals surface area contributed by atoms with Gasteiger partial charge in [0.25, 0.3) is 0 Å². The molecule has 0 bridgehead atoms. The summed E-state index contributed by atoms with van der Waals surface area (Å²) in [5, 5.41) is 1.40. The quantitative estimate of drug-likeness (QED) is 0.783. The number of aromatic nitrogens is 1. The van der Waals surface area contributed by atoms with Gasteiger partial charge in [0.15, 0.2) is 0 Å². The largest absolute Gasteiger partial charge is 0.350 e. The Morgan fingerprint density at radius 2 is 1.94 bits per heavy atom. The predicted molar refractivity (Wildman–Crippen MR) is 74.4 cm³/mol. The minimum absolute atomic E-state index is 0.616. The molecule has 0 N–H and O–H groups in total. The summed E-state index contributed by atoms with van der Waals surface area (Å²) >= 11 is 0. The minimum Gasteiger partial charge on any atom is -0.350 e. The van der Waals surface area contributed by atoms with Crippen LogP contribution in [0.2, 0.25) is 0 Å². The smallest absolute Gasteiger partial charge is 0.0480 e. The Kier molecular flexibility index (Phi) is 3.53. The zero-order chi connectivity index (χ0) is 12.4. The molecule has 92 valence electrons. The summed E-state index contributed by atoms with van der Waals surface area (Å²) in [6, 6.07) is 9.25. The van der Waals surface area contributed by atoms with E-state index in [0.717, 1.165) is 13.0 Å². The van der Waals surface area contributed by atoms with Crippen LogP contribution in [0.4, 0.5) is 0 Å². The van der Waals surface area contributed by atoms with Gasteiger partial charge in [-0.15, -0.1) is 0 Å². The first kappa shape index (κ1) is 12.2. The second-order valence-electron chi connectivity index (χ2n) is 5.11. The maximum atomic E-state index is 2.39. The molecule has 0 unspecified atom stereocenters. The Morgan fingerprint density at radius 1 is 1.24 bits per heavy atom. The third kappa shape index (κ3) is 2.52. The maximum Gasteiger partial charge on any atom is 0.0480 e. The molecule has 2 aromatic rings. The number of aryl methyl sites for hydroxylation is 1. The molecule has 2 heteroatoms. The Balaban J connectivity index is 2.19. The van der Waals surface area contributed by atoms with E-state index in [1.807, 2.05) is 0 Å². The summed E-state index contributed by atoms with van der Waals surface area (Å²) in [6.07, 6.45) is 3.38. The normalized spacial score (nSPS) is 11.9. The Bertz CT molecular complexity index is 497. The monoisotopic (exact) mass is 230 g/mol. The van der Waals surface area contributed by atoms with Crippen LogP contribution in [0.3, 0.4) is 0 Å². The topological polar surface area (TPSA) is 8.17 Å². The van der Waals surface area contributed by atoms with Crippen LogP contribution in [-0.4, -0.2) is 29.1 Å². The van der Waals surface area contributed by atoms with Crippen molar-refractivity contribution in [3.05, 3.63) is 36.0 Å². The molecule has 0 fully saturated rings. The molecule has 0 amide bonds. The van der Waals surface area contributed by atoms with E-state index < -0.39 is 0 Å². The van der Waals surface area contributed by atoms with Crippen LogP contribution in [-0.2, 0) is 13.5 Å². The third-order valence-electron chi connectivity index (χ3n) is 3.59. The van der Waals surface area contributed by atoms with E-state index in [2.05, 4.69) is 67.9 Å². The lowest BCUT2D eigenvalue weighted by Gasteiger charge is -2.20. The molecule has 0 saturated heterocycles. The van der Waals surface area contributed by atoms with Crippen molar-refractivity contribution < 1.29 is 0 Å². The number of benzene rings is 1. The highest BCUT2D eigenvalue weighted by atomic mass is 15.1. The average molecular weight is 230 g/mol. The van der Waals surface area contributed by atoms with E-state index in [9.17, 15) is 0 Å². The minimum atomic E-state index is 0.616. The van der Waals surface area contributed by atoms with E-state index in [-0.39, 0.29) is 0 Å². The molecule has 0 saturated carbocycles. The molecule has 17 heavy (non-hydrogen) atoms. The van der Waals surface area contributed by atoms with Gasteiger partial charge in [0, 0.05) is 36.7 Å². The lowest BCUT2D eigenvalue weighted by Crippen LogP contribution is -2.28. The SMILES string of the molecule is CC(C)N(C)CCc1cn(C)c2ccccc12. The molecule has 1 heterocycles. The molecule has 0 aliphatic rings. The number of likely N-dealkylation sites (N-methyl/N-ethyl adjacent to an activating group) is 1. The molecule has 0 radical (unpaired) electrons. The molecule has 0 atom stereocenters. The van der Waals surface area contributed by atoms with Crippen LogP contribution < -0.4 is 0 Å². The van der Waals surface area contributed by atoms with E-state index >= 15 is 0 Å². The second kappa shape index (κ2) is 4.92. The van der Waals surface area contributed by atoms with Crippen molar-refractivity contribution in [2.24, 2.45) is 7.05 Å². The van der Waals surface area contributed by atoms with Gasteiger partial charge in [0.05, 0.1) is 0 Å². The fourth-order valence-electron chi connectivity index (χ4n) is 2.18. The predicted octanol–water partition coefficient (Wildman–Crippen LogP) is 3.06. The highest BCUT2D eigenvalue weighted by Crippen LogP contribution is 2.20. The molecule has 1 aromatic carbocycles. The zero-order valence-corrected chi connectivity index (χ0v) is 11.3. The summed E-state index contributed by atoms with van der Waals surface area (Å²) in [7, 11) is 4.31. The molecule has 1 aromatic heterocycles. The third-order valence-corrected chi connectivity index (χ3v) is 3.59. The number of nitrogens with zero attached hydrogens (tertiary/aromatic N) is 2. The van der Waals surface area contributed by atoms with E-state index in [0.29, 0.717) is 6.04 Å². The van der Waals surface area contributed by atoms with Gasteiger partial charge >= 0.3 is 0 Å². The van der Waals surface area contributed by atoms with E-state index in [1.54, 1.807) is 0 Å². The maximum absolute atomic E-state index is 2.39. The first-order valence-corrected chi connectivity index (χ1v) is 6.32. The number of fused-ring (bicyclic) bond motifs is 1. The van der Waals surface area contributed by atoms with E-state index in [1.165, 1.54) is 16.5 Å². The summed E-state index contributed by atoms with van der Waals surface area (Å²) in [5.74, 6) is 0. The molecule has 0 aliphatic heterocycles. The van der Waals surface area contributed by atoms with Crippen molar-refractivity contribution >= 4 is 10.9 Å². The van der Waals surface area contributed by atoms with Crippen molar-refractivity contribution in [3.8, 4) is 0 Å². The van der Waals surface area contributed by atoms with Gasteiger partial charge in [-0.2, -0.15) is 0 Å². The number of para-hydroxylation sites is 1. The number of hydrogen-bond donors (Lipinski definition) is 0. The van der Waals surface area contributed by atoms with Crippen LogP contribution in [0.5, 0.6) is 0 Å². The Labute approximate surface area is 104 Å². The fraction of sp³-hybridized carbons (Fsp3) is 0.467. The van der Waals surface area contributed by atoms with Gasteiger partial charge in [-0.05, 0) is 38.9 Å². The van der Waals surface area contributed by atoms with Crippen molar-refractivity contribution in [3.63, 3.8) is 0 Å². The Hall–Kier alpha value is -1.28. The highest BCUT2D eigenvalue weighted by Gasteiger charge is 2.08. The fourth-order valence-corrected chi connectivity index (χ4v) is 2.18. The van der Waals surface area contributed by atoms with Gasteiger partial charge in [0.1, 0.15) is 0 Å². The van der Waals surface area contributed by atoms with Gasteiger partial charge in [0.2, 0.25) is 0 Å². The molecule has 0 spiro atoms. The second-order valence-corrected chi connectivity index (χ2v) is 5.11. The summed E-state index contributed by atoms with van der Waals surface area (Å²) < 4.78 is 2.22. The summed E-state index contributed by atoms with van der Waals surface area (Å²) in [4.78, 5) is 2.39. The molecule has 2 rings (SSSR count). The summed E-state index contributed by atoms with van der Waals surface area (Å²) in [6.45, 7) is 5.60. The van der Waals surface area contributed by atoms with Crippen LogP contribution in [0.15, 0.2) is 30.5 Å². The Morgan fingerprint density at radius 3 is 2.65 bits per heavy atom. The van der Waals surface area contributed by atoms with Crippen molar-refractivity contribution in [2.75, 3.05) is 13.6 Å². The first-order chi connectivity index (χ1) is 8.09. The first-order valence-electron chi connectivity index (χ1n) is 6.32. The van der Waals surface area contributed by atoms with Crippen molar-refractivity contribution in [1.82, 2.24) is 9.47 Å². The zero-order valence-electron chi connectivity index (χ0n) is 11.3. The molecule has 2 nitrogen and oxygen atoms in total. The summed E-state index contributed by atoms with van der Waals surface area (Å²) in [5.41, 5.74) is 2.78. The number of hydrogen-bond acceptors (Lipinski definition) is 1. The van der Waals surface area contributed by atoms with Gasteiger partial charge in [-0.25, -0.2) is 0 Å². The van der Waals surface area contributed by atoms with E-state index in [4.69, 9.17) is 0 Å². The lowest BCUT2D eigenvalue weighted by atomic mass is 10.1. The van der Waals surface area contributed by atoms with Crippen molar-refractivity contribution in [1.29, 1.82) is 0 Å². The molecule has 0 aliphatic carbocycles. The van der Waals surface area contributed by atoms with Crippen LogP contribution in [0, 0.1) is 0 Å². The standard InChI is InChI=1S/C15H22N2/c1-12(2)16(3)10-9-13-11-17(4)15-8-6-5-7-14(13)15/h5-8,11-12H,9-10H2,1-4H3. The average Bonchev–Trinajstić information content (AvgIpc) is 2.64. The highest BCUT2D eigenvalue weighted by molar-refractivity contribution is 5.83. The van der Waals surface area contributed by atoms with Crippen molar-refractivity contribution in [2.45, 2.75) is 26.3 Å². The van der Waals surface area contributed by atoms with Crippen LogP contribution >= 0.6 is 0 Å². The lowest BCUT2D eigenvalue weighted by molar-refractivity contribution is 0.278. The van der Waals surface area contributed by atoms with Gasteiger partial charge in [-0.3, -0.25) is 0 Å². The number of rotatable bonds is 4. The molecular formula is C15H22N2. The van der Waals surface area contributed by atoms with Crippen LogP contribution in [0.25, 0.3) is 10.9 Å². The van der Waals surface area contributed by atoms with Gasteiger partial charge in [-0.1, -0.05) is 18.2 Å². The molecular weight excluding hydrogens is 208 g/mol. The van der Waals surface area contributed by atoms with Gasteiger partial charge < -0.3 is 9.47 Å².